The van der Waals surface area contributed by atoms with Gasteiger partial charge in [0.25, 0.3) is 0 Å². The highest BCUT2D eigenvalue weighted by molar-refractivity contribution is 5.77. The van der Waals surface area contributed by atoms with Gasteiger partial charge in [-0.3, -0.25) is 14.3 Å². The van der Waals surface area contributed by atoms with Crippen molar-refractivity contribution in [2.24, 2.45) is 11.8 Å². The van der Waals surface area contributed by atoms with E-state index in [2.05, 4.69) is 15.6 Å². The van der Waals surface area contributed by atoms with Crippen molar-refractivity contribution in [2.75, 3.05) is 6.54 Å². The minimum Gasteiger partial charge on any atom is -0.481 e. The highest BCUT2D eigenvalue weighted by Gasteiger charge is 2.21. The zero-order valence-electron chi connectivity index (χ0n) is 10.5. The Morgan fingerprint density at radius 1 is 1.44 bits per heavy atom. The molecule has 1 amide bonds. The van der Waals surface area contributed by atoms with Crippen molar-refractivity contribution < 1.29 is 14.7 Å². The Kier molecular flexibility index (Phi) is 5.29. The van der Waals surface area contributed by atoms with Crippen molar-refractivity contribution in [3.63, 3.8) is 0 Å². The number of aliphatic carboxylic acids is 1. The maximum Gasteiger partial charge on any atom is 0.308 e. The minimum absolute atomic E-state index is 0.0156. The first kappa shape index (κ1) is 14.1. The summed E-state index contributed by atoms with van der Waals surface area (Å²) in [5.74, 6) is -1.64. The van der Waals surface area contributed by atoms with E-state index in [9.17, 15) is 9.59 Å². The van der Waals surface area contributed by atoms with E-state index in [4.69, 9.17) is 5.11 Å². The van der Waals surface area contributed by atoms with Crippen LogP contribution < -0.4 is 5.32 Å². The van der Waals surface area contributed by atoms with Crippen molar-refractivity contribution in [1.82, 2.24) is 20.3 Å². The summed E-state index contributed by atoms with van der Waals surface area (Å²) < 4.78 is 1.55. The molecule has 0 saturated carbocycles. The average molecular weight is 254 g/mol. The topological polar surface area (TPSA) is 97.1 Å². The lowest BCUT2D eigenvalue weighted by atomic mass is 9.96. The van der Waals surface area contributed by atoms with Crippen molar-refractivity contribution in [3.8, 4) is 0 Å². The van der Waals surface area contributed by atoms with Gasteiger partial charge in [0, 0.05) is 19.2 Å². The van der Waals surface area contributed by atoms with Gasteiger partial charge in [-0.25, -0.2) is 0 Å². The number of carbonyl (C=O) groups excluding carboxylic acids is 1. The number of hydrogen-bond donors (Lipinski definition) is 2. The molecular weight excluding hydrogens is 236 g/mol. The first-order valence-corrected chi connectivity index (χ1v) is 5.84. The Balaban J connectivity index is 2.29. The number of hydrogen-bond acceptors (Lipinski definition) is 4. The van der Waals surface area contributed by atoms with Crippen LogP contribution in [0.4, 0.5) is 0 Å². The first-order chi connectivity index (χ1) is 8.50. The average Bonchev–Trinajstić information content (AvgIpc) is 2.78. The third-order valence-electron chi connectivity index (χ3n) is 2.68. The predicted octanol–water partition coefficient (Wildman–Crippen LogP) is 0.141. The summed E-state index contributed by atoms with van der Waals surface area (Å²) in [6.07, 6.45) is 3.46. The second kappa shape index (κ2) is 6.73. The highest BCUT2D eigenvalue weighted by Crippen LogP contribution is 2.09. The second-order valence-electron chi connectivity index (χ2n) is 4.41. The molecule has 1 rings (SSSR count). The molecule has 0 bridgehead atoms. The summed E-state index contributed by atoms with van der Waals surface area (Å²) in [5, 5.41) is 18.9. The molecule has 1 heterocycles. The van der Waals surface area contributed by atoms with E-state index in [1.807, 2.05) is 13.8 Å². The van der Waals surface area contributed by atoms with Gasteiger partial charge in [-0.15, -0.1) is 5.10 Å². The van der Waals surface area contributed by atoms with E-state index in [1.165, 1.54) is 6.20 Å². The monoisotopic (exact) mass is 254 g/mol. The normalized spacial score (nSPS) is 12.4. The van der Waals surface area contributed by atoms with Crippen LogP contribution in [0.2, 0.25) is 0 Å². The fourth-order valence-corrected chi connectivity index (χ4v) is 1.49. The number of carbonyl (C=O) groups is 2. The number of nitrogens with zero attached hydrogens (tertiary/aromatic N) is 3. The van der Waals surface area contributed by atoms with Crippen LogP contribution in [-0.2, 0) is 16.1 Å². The molecule has 0 spiro atoms. The fraction of sp³-hybridized carbons (Fsp3) is 0.636. The molecule has 100 valence electrons. The molecule has 0 aliphatic carbocycles. The standard InChI is InChI=1S/C11H18N4O3/c1-8(2)9(11(17)18)7-12-10(16)3-5-15-6-4-13-14-15/h4,6,8-9H,3,5,7H2,1-2H3,(H,12,16)(H,17,18). The van der Waals surface area contributed by atoms with Gasteiger partial charge in [-0.2, -0.15) is 0 Å². The molecule has 1 aromatic heterocycles. The summed E-state index contributed by atoms with van der Waals surface area (Å²) in [5.41, 5.74) is 0. The number of amides is 1. The quantitative estimate of drug-likeness (QED) is 0.721. The molecule has 1 aromatic rings. The van der Waals surface area contributed by atoms with E-state index >= 15 is 0 Å². The van der Waals surface area contributed by atoms with Gasteiger partial charge < -0.3 is 10.4 Å². The zero-order valence-corrected chi connectivity index (χ0v) is 10.5. The third kappa shape index (κ3) is 4.52. The Morgan fingerprint density at radius 2 is 2.17 bits per heavy atom. The van der Waals surface area contributed by atoms with Crippen molar-refractivity contribution in [2.45, 2.75) is 26.8 Å². The molecule has 0 radical (unpaired) electrons. The smallest absolute Gasteiger partial charge is 0.308 e. The number of carboxylic acids is 1. The van der Waals surface area contributed by atoms with Crippen LogP contribution in [-0.4, -0.2) is 38.5 Å². The highest BCUT2D eigenvalue weighted by atomic mass is 16.4. The summed E-state index contributed by atoms with van der Waals surface area (Å²) in [6, 6.07) is 0. The lowest BCUT2D eigenvalue weighted by Crippen LogP contribution is -2.35. The zero-order chi connectivity index (χ0) is 13.5. The maximum atomic E-state index is 11.5. The van der Waals surface area contributed by atoms with Gasteiger partial charge in [0.2, 0.25) is 5.91 Å². The van der Waals surface area contributed by atoms with Crippen molar-refractivity contribution in [3.05, 3.63) is 12.4 Å². The van der Waals surface area contributed by atoms with Crippen LogP contribution >= 0.6 is 0 Å². The molecule has 18 heavy (non-hydrogen) atoms. The van der Waals surface area contributed by atoms with Crippen molar-refractivity contribution >= 4 is 11.9 Å². The van der Waals surface area contributed by atoms with Crippen molar-refractivity contribution in [1.29, 1.82) is 0 Å². The number of nitrogens with one attached hydrogen (secondary N) is 1. The molecule has 1 atom stereocenters. The van der Waals surface area contributed by atoms with Gasteiger partial charge in [0.15, 0.2) is 0 Å². The van der Waals surface area contributed by atoms with E-state index in [-0.39, 0.29) is 24.8 Å². The molecule has 0 aromatic carbocycles. The Morgan fingerprint density at radius 3 is 2.67 bits per heavy atom. The van der Waals surface area contributed by atoms with Crippen LogP contribution in [0.25, 0.3) is 0 Å². The van der Waals surface area contributed by atoms with Gasteiger partial charge >= 0.3 is 5.97 Å². The van der Waals surface area contributed by atoms with E-state index < -0.39 is 11.9 Å². The minimum atomic E-state index is -0.887. The fourth-order valence-electron chi connectivity index (χ4n) is 1.49. The van der Waals surface area contributed by atoms with E-state index in [0.717, 1.165) is 0 Å². The third-order valence-corrected chi connectivity index (χ3v) is 2.68. The van der Waals surface area contributed by atoms with Crippen LogP contribution in [0.5, 0.6) is 0 Å². The second-order valence-corrected chi connectivity index (χ2v) is 4.41. The molecule has 0 aliphatic heterocycles. The number of aryl methyl sites for hydroxylation is 1. The predicted molar refractivity (Wildman–Crippen MR) is 63.6 cm³/mol. The van der Waals surface area contributed by atoms with E-state index in [1.54, 1.807) is 10.9 Å². The van der Waals surface area contributed by atoms with Gasteiger partial charge in [-0.05, 0) is 5.92 Å². The molecular formula is C11H18N4O3. The summed E-state index contributed by atoms with van der Waals surface area (Å²) in [4.78, 5) is 22.4. The molecule has 0 fully saturated rings. The molecule has 7 nitrogen and oxygen atoms in total. The van der Waals surface area contributed by atoms with Gasteiger partial charge in [0.1, 0.15) is 0 Å². The summed E-state index contributed by atoms with van der Waals surface area (Å²) in [6.45, 7) is 4.23. The van der Waals surface area contributed by atoms with Crippen LogP contribution in [0, 0.1) is 11.8 Å². The van der Waals surface area contributed by atoms with Crippen LogP contribution in [0.3, 0.4) is 0 Å². The first-order valence-electron chi connectivity index (χ1n) is 5.84. The summed E-state index contributed by atoms with van der Waals surface area (Å²) >= 11 is 0. The Bertz CT molecular complexity index is 389. The van der Waals surface area contributed by atoms with Gasteiger partial charge in [-0.1, -0.05) is 19.1 Å². The maximum absolute atomic E-state index is 11.5. The van der Waals surface area contributed by atoms with Crippen LogP contribution in [0.15, 0.2) is 12.4 Å². The lowest BCUT2D eigenvalue weighted by Gasteiger charge is -2.16. The Hall–Kier alpha value is -1.92. The summed E-state index contributed by atoms with van der Waals surface area (Å²) in [7, 11) is 0. The lowest BCUT2D eigenvalue weighted by molar-refractivity contribution is -0.143. The number of carboxylic acid groups (broad SMARTS) is 1. The molecule has 1 unspecified atom stereocenters. The number of rotatable bonds is 7. The molecule has 0 aliphatic rings. The SMILES string of the molecule is CC(C)C(CNC(=O)CCn1ccnn1)C(=O)O. The largest absolute Gasteiger partial charge is 0.481 e. The van der Waals surface area contributed by atoms with Gasteiger partial charge in [0.05, 0.1) is 18.7 Å². The molecule has 2 N–H and O–H groups in total. The molecule has 7 heteroatoms. The number of aromatic nitrogens is 3. The Labute approximate surface area is 105 Å². The van der Waals surface area contributed by atoms with E-state index in [0.29, 0.717) is 6.54 Å². The van der Waals surface area contributed by atoms with Crippen LogP contribution in [0.1, 0.15) is 20.3 Å². The molecule has 0 saturated heterocycles.